The standard InChI is InChI=1S/C16H23N3/c1-2-16(14-6-4-3-5-7-14)19-12-13-8-9-18-15(10-13)11-17/h8-10,14,16,19H,2-7,12H2,1H3. The third-order valence-corrected chi connectivity index (χ3v) is 4.17. The van der Waals surface area contributed by atoms with Crippen LogP contribution in [0.4, 0.5) is 0 Å². The number of pyridine rings is 1. The second-order valence-corrected chi connectivity index (χ2v) is 5.45. The molecule has 1 aliphatic rings. The molecule has 1 atom stereocenters. The lowest BCUT2D eigenvalue weighted by Gasteiger charge is -2.30. The van der Waals surface area contributed by atoms with Crippen LogP contribution in [0.3, 0.4) is 0 Å². The Morgan fingerprint density at radius 1 is 1.42 bits per heavy atom. The van der Waals surface area contributed by atoms with Crippen LogP contribution in [0.25, 0.3) is 0 Å². The Bertz CT molecular complexity index is 430. The number of nitriles is 1. The molecule has 0 amide bonds. The largest absolute Gasteiger partial charge is 0.310 e. The monoisotopic (exact) mass is 257 g/mol. The summed E-state index contributed by atoms with van der Waals surface area (Å²) in [5.74, 6) is 0.830. The molecule has 19 heavy (non-hydrogen) atoms. The molecule has 1 aromatic rings. The Hall–Kier alpha value is -1.40. The van der Waals surface area contributed by atoms with E-state index in [1.165, 1.54) is 38.5 Å². The van der Waals surface area contributed by atoms with Crippen molar-refractivity contribution in [2.24, 2.45) is 5.92 Å². The highest BCUT2D eigenvalue weighted by Crippen LogP contribution is 2.27. The summed E-state index contributed by atoms with van der Waals surface area (Å²) in [6.07, 6.45) is 9.81. The van der Waals surface area contributed by atoms with Gasteiger partial charge in [0.05, 0.1) is 0 Å². The maximum atomic E-state index is 8.86. The SMILES string of the molecule is CCC(NCc1ccnc(C#N)c1)C1CCCCC1. The molecule has 1 aromatic heterocycles. The Kier molecular flexibility index (Phi) is 5.35. The van der Waals surface area contributed by atoms with Gasteiger partial charge in [0.1, 0.15) is 11.8 Å². The van der Waals surface area contributed by atoms with Crippen LogP contribution in [-0.2, 0) is 6.54 Å². The maximum absolute atomic E-state index is 8.86. The average Bonchev–Trinajstić information content (AvgIpc) is 2.49. The minimum atomic E-state index is 0.505. The van der Waals surface area contributed by atoms with Crippen molar-refractivity contribution in [3.05, 3.63) is 29.6 Å². The fourth-order valence-corrected chi connectivity index (χ4v) is 3.08. The van der Waals surface area contributed by atoms with Crippen molar-refractivity contribution in [1.82, 2.24) is 10.3 Å². The minimum absolute atomic E-state index is 0.505. The summed E-state index contributed by atoms with van der Waals surface area (Å²) in [7, 11) is 0. The van der Waals surface area contributed by atoms with E-state index >= 15 is 0 Å². The molecule has 2 rings (SSSR count). The molecule has 102 valence electrons. The molecule has 0 bridgehead atoms. The van der Waals surface area contributed by atoms with Crippen molar-refractivity contribution in [2.45, 2.75) is 58.0 Å². The lowest BCUT2D eigenvalue weighted by atomic mass is 9.83. The Labute approximate surface area is 116 Å². The van der Waals surface area contributed by atoms with Crippen molar-refractivity contribution < 1.29 is 0 Å². The van der Waals surface area contributed by atoms with E-state index in [4.69, 9.17) is 5.26 Å². The van der Waals surface area contributed by atoms with Crippen molar-refractivity contribution in [1.29, 1.82) is 5.26 Å². The fraction of sp³-hybridized carbons (Fsp3) is 0.625. The molecular weight excluding hydrogens is 234 g/mol. The molecule has 0 saturated heterocycles. The molecule has 0 aromatic carbocycles. The lowest BCUT2D eigenvalue weighted by Crippen LogP contribution is -2.36. The van der Waals surface area contributed by atoms with Crippen LogP contribution in [0.1, 0.15) is 56.7 Å². The van der Waals surface area contributed by atoms with Crippen molar-refractivity contribution in [3.8, 4) is 6.07 Å². The summed E-state index contributed by atoms with van der Waals surface area (Å²) >= 11 is 0. The van der Waals surface area contributed by atoms with E-state index in [2.05, 4.69) is 23.3 Å². The van der Waals surface area contributed by atoms with E-state index in [9.17, 15) is 0 Å². The summed E-state index contributed by atoms with van der Waals surface area (Å²) in [4.78, 5) is 4.01. The fourth-order valence-electron chi connectivity index (χ4n) is 3.08. The summed E-state index contributed by atoms with van der Waals surface area (Å²) in [5, 5.41) is 12.5. The van der Waals surface area contributed by atoms with Crippen LogP contribution in [0.5, 0.6) is 0 Å². The van der Waals surface area contributed by atoms with Crippen molar-refractivity contribution in [2.75, 3.05) is 0 Å². The van der Waals surface area contributed by atoms with Gasteiger partial charge in [-0.3, -0.25) is 0 Å². The normalized spacial score (nSPS) is 17.9. The summed E-state index contributed by atoms with van der Waals surface area (Å²) in [6.45, 7) is 3.10. The second kappa shape index (κ2) is 7.25. The van der Waals surface area contributed by atoms with Gasteiger partial charge in [-0.25, -0.2) is 4.98 Å². The maximum Gasteiger partial charge on any atom is 0.140 e. The lowest BCUT2D eigenvalue weighted by molar-refractivity contribution is 0.261. The first-order valence-electron chi connectivity index (χ1n) is 7.42. The number of nitrogens with one attached hydrogen (secondary N) is 1. The van der Waals surface area contributed by atoms with E-state index in [-0.39, 0.29) is 0 Å². The first kappa shape index (κ1) is 14.0. The molecule has 1 heterocycles. The summed E-state index contributed by atoms with van der Waals surface area (Å²) < 4.78 is 0. The zero-order chi connectivity index (χ0) is 13.5. The average molecular weight is 257 g/mol. The number of hydrogen-bond acceptors (Lipinski definition) is 3. The van der Waals surface area contributed by atoms with E-state index in [1.807, 2.05) is 12.1 Å². The van der Waals surface area contributed by atoms with Crippen LogP contribution in [-0.4, -0.2) is 11.0 Å². The smallest absolute Gasteiger partial charge is 0.140 e. The molecule has 0 spiro atoms. The Balaban J connectivity index is 1.90. The van der Waals surface area contributed by atoms with Gasteiger partial charge >= 0.3 is 0 Å². The van der Waals surface area contributed by atoms with E-state index in [1.54, 1.807) is 6.20 Å². The molecule has 1 saturated carbocycles. The predicted molar refractivity (Wildman–Crippen MR) is 76.4 cm³/mol. The highest BCUT2D eigenvalue weighted by molar-refractivity contribution is 5.25. The van der Waals surface area contributed by atoms with Gasteiger partial charge in [-0.2, -0.15) is 5.26 Å². The predicted octanol–water partition coefficient (Wildman–Crippen LogP) is 3.40. The Morgan fingerprint density at radius 3 is 2.89 bits per heavy atom. The van der Waals surface area contributed by atoms with E-state index < -0.39 is 0 Å². The van der Waals surface area contributed by atoms with Crippen LogP contribution < -0.4 is 5.32 Å². The van der Waals surface area contributed by atoms with Crippen LogP contribution in [0.2, 0.25) is 0 Å². The Morgan fingerprint density at radius 2 is 2.21 bits per heavy atom. The number of aromatic nitrogens is 1. The van der Waals surface area contributed by atoms with Gasteiger partial charge in [-0.1, -0.05) is 26.2 Å². The number of rotatable bonds is 5. The first-order chi connectivity index (χ1) is 9.33. The van der Waals surface area contributed by atoms with Gasteiger partial charge in [0.15, 0.2) is 0 Å². The zero-order valence-corrected chi connectivity index (χ0v) is 11.7. The van der Waals surface area contributed by atoms with Crippen LogP contribution >= 0.6 is 0 Å². The second-order valence-electron chi connectivity index (χ2n) is 5.45. The third-order valence-electron chi connectivity index (χ3n) is 4.17. The van der Waals surface area contributed by atoms with E-state index in [0.717, 1.165) is 18.0 Å². The molecule has 0 radical (unpaired) electrons. The molecule has 1 N–H and O–H groups in total. The van der Waals surface area contributed by atoms with E-state index in [0.29, 0.717) is 11.7 Å². The molecule has 1 aliphatic carbocycles. The van der Waals surface area contributed by atoms with Gasteiger partial charge in [0.2, 0.25) is 0 Å². The highest BCUT2D eigenvalue weighted by atomic mass is 14.9. The first-order valence-corrected chi connectivity index (χ1v) is 7.42. The zero-order valence-electron chi connectivity index (χ0n) is 11.7. The van der Waals surface area contributed by atoms with Gasteiger partial charge in [0, 0.05) is 18.8 Å². The summed E-state index contributed by atoms with van der Waals surface area (Å²) in [6, 6.07) is 6.57. The molecule has 3 nitrogen and oxygen atoms in total. The van der Waals surface area contributed by atoms with Gasteiger partial charge in [-0.05, 0) is 42.9 Å². The summed E-state index contributed by atoms with van der Waals surface area (Å²) in [5.41, 5.74) is 1.66. The van der Waals surface area contributed by atoms with Gasteiger partial charge < -0.3 is 5.32 Å². The van der Waals surface area contributed by atoms with Gasteiger partial charge in [0.25, 0.3) is 0 Å². The van der Waals surface area contributed by atoms with Gasteiger partial charge in [-0.15, -0.1) is 0 Å². The molecule has 3 heteroatoms. The topological polar surface area (TPSA) is 48.7 Å². The molecule has 0 aliphatic heterocycles. The minimum Gasteiger partial charge on any atom is -0.310 e. The number of nitrogens with zero attached hydrogens (tertiary/aromatic N) is 2. The molecular formula is C16H23N3. The number of hydrogen-bond donors (Lipinski definition) is 1. The van der Waals surface area contributed by atoms with Crippen LogP contribution in [0.15, 0.2) is 18.3 Å². The highest BCUT2D eigenvalue weighted by Gasteiger charge is 2.21. The van der Waals surface area contributed by atoms with Crippen LogP contribution in [0, 0.1) is 17.2 Å². The quantitative estimate of drug-likeness (QED) is 0.879. The molecule has 1 unspecified atom stereocenters. The third kappa shape index (κ3) is 4.04. The van der Waals surface area contributed by atoms with Crippen molar-refractivity contribution in [3.63, 3.8) is 0 Å². The molecule has 1 fully saturated rings. The van der Waals surface area contributed by atoms with Crippen molar-refractivity contribution >= 4 is 0 Å².